The predicted octanol–water partition coefficient (Wildman–Crippen LogP) is 4.77. The molecule has 11 heteroatoms. The van der Waals surface area contributed by atoms with Gasteiger partial charge < -0.3 is 14.5 Å². The number of hydrogen-bond acceptors (Lipinski definition) is 7. The number of carboxylic acid groups (broad SMARTS) is 1. The third-order valence-electron chi connectivity index (χ3n) is 5.98. The highest BCUT2D eigenvalue weighted by Crippen LogP contribution is 2.36. The molecule has 0 amide bonds. The molecule has 1 aromatic heterocycles. The van der Waals surface area contributed by atoms with E-state index in [1.54, 1.807) is 19.1 Å². The summed E-state index contributed by atoms with van der Waals surface area (Å²) in [5.74, 6) is -2.08. The second-order valence-corrected chi connectivity index (χ2v) is 10.5. The molecule has 35 heavy (non-hydrogen) atoms. The van der Waals surface area contributed by atoms with Crippen LogP contribution in [-0.2, 0) is 10.0 Å². The van der Waals surface area contributed by atoms with Gasteiger partial charge in [-0.1, -0.05) is 12.1 Å². The van der Waals surface area contributed by atoms with Gasteiger partial charge in [-0.05, 0) is 69.0 Å². The molecule has 4 rings (SSSR count). The summed E-state index contributed by atoms with van der Waals surface area (Å²) < 4.78 is 47.4. The number of sulfonamides is 1. The molecule has 186 valence electrons. The van der Waals surface area contributed by atoms with Crippen LogP contribution in [0, 0.1) is 5.82 Å². The zero-order valence-electron chi connectivity index (χ0n) is 19.5. The number of benzene rings is 2. The summed E-state index contributed by atoms with van der Waals surface area (Å²) in [7, 11) is -3.55. The van der Waals surface area contributed by atoms with Crippen molar-refractivity contribution in [2.45, 2.75) is 45.6 Å². The van der Waals surface area contributed by atoms with Crippen molar-refractivity contribution in [1.82, 2.24) is 10.1 Å². The first-order chi connectivity index (χ1) is 16.7. The Balaban J connectivity index is 1.70. The minimum Gasteiger partial charge on any atom is -0.478 e. The highest BCUT2D eigenvalue weighted by atomic mass is 32.2. The lowest BCUT2D eigenvalue weighted by atomic mass is 10.0. The van der Waals surface area contributed by atoms with Gasteiger partial charge in [0.2, 0.25) is 15.8 Å². The number of aromatic nitrogens is 2. The second-order valence-electron chi connectivity index (χ2n) is 8.61. The highest BCUT2D eigenvalue weighted by molar-refractivity contribution is 7.92. The molecule has 1 saturated heterocycles. The van der Waals surface area contributed by atoms with Crippen LogP contribution in [0.2, 0.25) is 0 Å². The van der Waals surface area contributed by atoms with E-state index in [1.165, 1.54) is 6.07 Å². The van der Waals surface area contributed by atoms with Crippen LogP contribution in [0.1, 0.15) is 49.9 Å². The van der Waals surface area contributed by atoms with E-state index in [9.17, 15) is 17.6 Å². The van der Waals surface area contributed by atoms with Gasteiger partial charge in [0.25, 0.3) is 5.89 Å². The summed E-state index contributed by atoms with van der Waals surface area (Å²) in [4.78, 5) is 17.6. The Morgan fingerprint density at radius 1 is 1.23 bits per heavy atom. The molecule has 0 saturated carbocycles. The summed E-state index contributed by atoms with van der Waals surface area (Å²) in [6.45, 7) is 4.75. The molecular formula is C24H27FN4O5S. The van der Waals surface area contributed by atoms with Gasteiger partial charge in [0, 0.05) is 23.7 Å². The van der Waals surface area contributed by atoms with E-state index in [4.69, 9.17) is 9.63 Å². The van der Waals surface area contributed by atoms with Crippen molar-refractivity contribution in [2.24, 2.45) is 0 Å². The molecule has 1 aliphatic heterocycles. The van der Waals surface area contributed by atoms with Gasteiger partial charge in [0.05, 0.1) is 22.7 Å². The van der Waals surface area contributed by atoms with Crippen molar-refractivity contribution < 1.29 is 27.2 Å². The highest BCUT2D eigenvalue weighted by Gasteiger charge is 2.24. The van der Waals surface area contributed by atoms with E-state index in [-0.39, 0.29) is 29.1 Å². The summed E-state index contributed by atoms with van der Waals surface area (Å²) in [6.07, 6.45) is 3.66. The molecule has 0 spiro atoms. The minimum atomic E-state index is -3.55. The number of carbonyl (C=O) groups is 1. The molecule has 1 aliphatic rings. The number of rotatable bonds is 8. The molecule has 0 radical (unpaired) electrons. The largest absolute Gasteiger partial charge is 0.478 e. The van der Waals surface area contributed by atoms with Crippen molar-refractivity contribution >= 4 is 27.4 Å². The summed E-state index contributed by atoms with van der Waals surface area (Å²) in [6, 6.07) is 9.11. The summed E-state index contributed by atoms with van der Waals surface area (Å²) >= 11 is 0. The molecular weight excluding hydrogens is 475 g/mol. The monoisotopic (exact) mass is 502 g/mol. The number of nitrogens with zero attached hydrogens (tertiary/aromatic N) is 3. The van der Waals surface area contributed by atoms with Crippen LogP contribution in [0.15, 0.2) is 40.9 Å². The molecule has 2 N–H and O–H groups in total. The average Bonchev–Trinajstić information content (AvgIpc) is 3.29. The SMILES string of the molecule is CCCS(=O)(=O)Nc1cc(-c2nc(-c3ccc(C(=O)O)c(F)c3)no2)ccc1N1CCCCC1C. The van der Waals surface area contributed by atoms with E-state index < -0.39 is 27.4 Å². The lowest BCUT2D eigenvalue weighted by molar-refractivity contribution is 0.0692. The van der Waals surface area contributed by atoms with Gasteiger partial charge in [-0.15, -0.1) is 0 Å². The zero-order valence-corrected chi connectivity index (χ0v) is 20.3. The smallest absolute Gasteiger partial charge is 0.338 e. The van der Waals surface area contributed by atoms with Crippen molar-refractivity contribution in [2.75, 3.05) is 21.9 Å². The fraction of sp³-hybridized carbons (Fsp3) is 0.375. The van der Waals surface area contributed by atoms with Crippen LogP contribution in [-0.4, -0.2) is 48.0 Å². The molecule has 1 atom stereocenters. The minimum absolute atomic E-state index is 0.00513. The lowest BCUT2D eigenvalue weighted by Crippen LogP contribution is -2.38. The van der Waals surface area contributed by atoms with Crippen molar-refractivity contribution in [3.05, 3.63) is 47.8 Å². The molecule has 2 aromatic carbocycles. The van der Waals surface area contributed by atoms with Gasteiger partial charge in [-0.25, -0.2) is 17.6 Å². The fourth-order valence-electron chi connectivity index (χ4n) is 4.23. The van der Waals surface area contributed by atoms with Crippen LogP contribution in [0.25, 0.3) is 22.8 Å². The Morgan fingerprint density at radius 2 is 2.00 bits per heavy atom. The third kappa shape index (κ3) is 5.45. The average molecular weight is 503 g/mol. The number of halogens is 1. The van der Waals surface area contributed by atoms with Gasteiger partial charge >= 0.3 is 5.97 Å². The first-order valence-corrected chi connectivity index (χ1v) is 13.1. The van der Waals surface area contributed by atoms with Gasteiger partial charge in [-0.2, -0.15) is 4.98 Å². The second kappa shape index (κ2) is 10.0. The molecule has 9 nitrogen and oxygen atoms in total. The van der Waals surface area contributed by atoms with Crippen LogP contribution < -0.4 is 9.62 Å². The Bertz CT molecular complexity index is 1340. The maximum atomic E-state index is 14.1. The molecule has 1 unspecified atom stereocenters. The quantitative estimate of drug-likeness (QED) is 0.451. The standard InChI is InChI=1S/C24H27FN4O5S/c1-3-12-35(32,33)28-20-14-17(8-10-21(20)29-11-5-4-6-15(29)2)23-26-22(27-34-23)16-7-9-18(24(30)31)19(25)13-16/h7-10,13-15,28H,3-6,11-12H2,1-2H3,(H,30,31). The molecule has 1 fully saturated rings. The molecule has 3 aromatic rings. The maximum Gasteiger partial charge on any atom is 0.338 e. The Hall–Kier alpha value is -3.47. The number of aromatic carboxylic acids is 1. The summed E-state index contributed by atoms with van der Waals surface area (Å²) in [5.41, 5.74) is 1.51. The number of carboxylic acids is 1. The molecule has 2 heterocycles. The van der Waals surface area contributed by atoms with Crippen molar-refractivity contribution in [3.63, 3.8) is 0 Å². The first-order valence-electron chi connectivity index (χ1n) is 11.5. The molecule has 0 bridgehead atoms. The number of nitrogens with one attached hydrogen (secondary N) is 1. The van der Waals surface area contributed by atoms with E-state index >= 15 is 0 Å². The maximum absolute atomic E-state index is 14.1. The number of anilines is 2. The predicted molar refractivity (Wildman–Crippen MR) is 130 cm³/mol. The third-order valence-corrected chi connectivity index (χ3v) is 7.45. The Labute approximate surface area is 203 Å². The van der Waals surface area contributed by atoms with E-state index in [0.29, 0.717) is 17.7 Å². The Morgan fingerprint density at radius 3 is 2.69 bits per heavy atom. The number of hydrogen-bond donors (Lipinski definition) is 2. The van der Waals surface area contributed by atoms with Crippen LogP contribution in [0.3, 0.4) is 0 Å². The van der Waals surface area contributed by atoms with Gasteiger partial charge in [0.15, 0.2) is 0 Å². The van der Waals surface area contributed by atoms with Gasteiger partial charge in [-0.3, -0.25) is 4.72 Å². The normalized spacial score (nSPS) is 16.3. The van der Waals surface area contributed by atoms with Crippen LogP contribution in [0.4, 0.5) is 15.8 Å². The van der Waals surface area contributed by atoms with Crippen molar-refractivity contribution in [1.29, 1.82) is 0 Å². The van der Waals surface area contributed by atoms with E-state index in [0.717, 1.165) is 43.6 Å². The van der Waals surface area contributed by atoms with E-state index in [2.05, 4.69) is 26.7 Å². The van der Waals surface area contributed by atoms with Crippen LogP contribution >= 0.6 is 0 Å². The first kappa shape index (κ1) is 24.6. The molecule has 0 aliphatic carbocycles. The summed E-state index contributed by atoms with van der Waals surface area (Å²) in [5, 5.41) is 12.9. The van der Waals surface area contributed by atoms with Crippen LogP contribution in [0.5, 0.6) is 0 Å². The fourth-order valence-corrected chi connectivity index (χ4v) is 5.37. The zero-order chi connectivity index (χ0) is 25.2. The van der Waals surface area contributed by atoms with Gasteiger partial charge in [0.1, 0.15) is 5.82 Å². The topological polar surface area (TPSA) is 126 Å². The lowest BCUT2D eigenvalue weighted by Gasteiger charge is -2.36. The van der Waals surface area contributed by atoms with Crippen molar-refractivity contribution in [3.8, 4) is 22.8 Å². The van der Waals surface area contributed by atoms with E-state index in [1.807, 2.05) is 6.07 Å². The number of piperidine rings is 1. The Kier molecular flexibility index (Phi) is 7.06.